The van der Waals surface area contributed by atoms with Crippen molar-refractivity contribution in [3.05, 3.63) is 12.2 Å². The van der Waals surface area contributed by atoms with Gasteiger partial charge in [0.15, 0.2) is 0 Å². The Balaban J connectivity index is 2.18. The second-order valence-electron chi connectivity index (χ2n) is 12.9. The number of ether oxygens (including phenoxy) is 1. The van der Waals surface area contributed by atoms with Crippen LogP contribution in [0.25, 0.3) is 0 Å². The summed E-state index contributed by atoms with van der Waals surface area (Å²) in [7, 11) is 0. The first-order valence-electron chi connectivity index (χ1n) is 14.9. The SMILES string of the molecule is CCCCCCCCCCCCCCCC=CC(=O)OC1CC(C)(C)N(OCC(C)(C)O)C(C)(C)C1. The second kappa shape index (κ2) is 16.8. The van der Waals surface area contributed by atoms with E-state index in [1.165, 1.54) is 77.0 Å². The number of unbranched alkanes of at least 4 members (excludes halogenated alkanes) is 13. The fourth-order valence-corrected chi connectivity index (χ4v) is 5.49. The monoisotopic (exact) mass is 509 g/mol. The number of piperidine rings is 1. The number of nitrogens with zero attached hydrogens (tertiary/aromatic N) is 1. The minimum absolute atomic E-state index is 0.148. The Morgan fingerprint density at radius 2 is 1.31 bits per heavy atom. The van der Waals surface area contributed by atoms with E-state index in [1.807, 2.05) is 11.1 Å². The summed E-state index contributed by atoms with van der Waals surface area (Å²) < 4.78 is 5.82. The van der Waals surface area contributed by atoms with Crippen LogP contribution in [-0.2, 0) is 14.4 Å². The molecule has 0 bridgehead atoms. The van der Waals surface area contributed by atoms with Crippen LogP contribution in [0.3, 0.4) is 0 Å². The van der Waals surface area contributed by atoms with E-state index >= 15 is 0 Å². The first kappa shape index (κ1) is 33.1. The van der Waals surface area contributed by atoms with E-state index in [-0.39, 0.29) is 29.8 Å². The smallest absolute Gasteiger partial charge is 0.330 e. The number of hydrogen-bond acceptors (Lipinski definition) is 5. The molecule has 0 aromatic carbocycles. The number of carbonyl (C=O) groups excluding carboxylic acids is 1. The molecule has 5 nitrogen and oxygen atoms in total. The molecule has 0 aliphatic carbocycles. The maximum Gasteiger partial charge on any atom is 0.330 e. The Bertz CT molecular complexity index is 603. The molecule has 0 saturated carbocycles. The van der Waals surface area contributed by atoms with Crippen molar-refractivity contribution in [3.63, 3.8) is 0 Å². The van der Waals surface area contributed by atoms with E-state index in [9.17, 15) is 9.90 Å². The van der Waals surface area contributed by atoms with Crippen LogP contribution < -0.4 is 0 Å². The van der Waals surface area contributed by atoms with E-state index in [0.717, 1.165) is 12.8 Å². The van der Waals surface area contributed by atoms with Crippen LogP contribution in [0.1, 0.15) is 151 Å². The van der Waals surface area contributed by atoms with Crippen molar-refractivity contribution in [2.24, 2.45) is 0 Å². The predicted octanol–water partition coefficient (Wildman–Crippen LogP) is 8.29. The Labute approximate surface area is 223 Å². The van der Waals surface area contributed by atoms with Gasteiger partial charge in [0.2, 0.25) is 0 Å². The summed E-state index contributed by atoms with van der Waals surface area (Å²) in [5.41, 5.74) is -1.51. The van der Waals surface area contributed by atoms with Crippen molar-refractivity contribution in [1.82, 2.24) is 5.06 Å². The molecule has 1 saturated heterocycles. The molecule has 1 rings (SSSR count). The summed E-state index contributed by atoms with van der Waals surface area (Å²) >= 11 is 0. The third-order valence-corrected chi connectivity index (χ3v) is 7.11. The molecule has 0 aromatic rings. The lowest BCUT2D eigenvalue weighted by Gasteiger charge is -2.53. The Hall–Kier alpha value is -0.910. The average molecular weight is 510 g/mol. The van der Waals surface area contributed by atoms with Gasteiger partial charge in [-0.15, -0.1) is 0 Å². The highest BCUT2D eigenvalue weighted by atomic mass is 16.7. The highest BCUT2D eigenvalue weighted by molar-refractivity contribution is 5.82. The van der Waals surface area contributed by atoms with E-state index in [2.05, 4.69) is 34.6 Å². The van der Waals surface area contributed by atoms with Gasteiger partial charge in [0.1, 0.15) is 6.10 Å². The fourth-order valence-electron chi connectivity index (χ4n) is 5.49. The van der Waals surface area contributed by atoms with Crippen LogP contribution >= 0.6 is 0 Å². The zero-order valence-electron chi connectivity index (χ0n) is 24.9. The largest absolute Gasteiger partial charge is 0.459 e. The first-order chi connectivity index (χ1) is 16.9. The Morgan fingerprint density at radius 1 is 0.861 bits per heavy atom. The lowest BCUT2D eigenvalue weighted by molar-refractivity contribution is -0.306. The maximum absolute atomic E-state index is 12.4. The summed E-state index contributed by atoms with van der Waals surface area (Å²) in [5, 5.41) is 12.0. The highest BCUT2D eigenvalue weighted by Gasteiger charge is 2.48. The molecule has 0 unspecified atom stereocenters. The molecule has 1 fully saturated rings. The van der Waals surface area contributed by atoms with Crippen LogP contribution in [0.4, 0.5) is 0 Å². The molecule has 1 heterocycles. The van der Waals surface area contributed by atoms with Crippen molar-refractivity contribution >= 4 is 5.97 Å². The molecule has 1 aliphatic rings. The number of allylic oxidation sites excluding steroid dienone is 1. The zero-order chi connectivity index (χ0) is 27.1. The Kier molecular flexibility index (Phi) is 15.5. The molecule has 36 heavy (non-hydrogen) atoms. The Morgan fingerprint density at radius 3 is 1.75 bits per heavy atom. The van der Waals surface area contributed by atoms with E-state index in [0.29, 0.717) is 12.8 Å². The number of aliphatic hydroxyl groups is 1. The van der Waals surface area contributed by atoms with Gasteiger partial charge in [-0.05, 0) is 54.4 Å². The van der Waals surface area contributed by atoms with Gasteiger partial charge in [-0.3, -0.25) is 4.84 Å². The van der Waals surface area contributed by atoms with Gasteiger partial charge < -0.3 is 9.84 Å². The fraction of sp³-hybridized carbons (Fsp3) is 0.903. The van der Waals surface area contributed by atoms with Crippen LogP contribution in [0.2, 0.25) is 0 Å². The van der Waals surface area contributed by atoms with E-state index < -0.39 is 5.60 Å². The van der Waals surface area contributed by atoms with Crippen molar-refractivity contribution in [3.8, 4) is 0 Å². The average Bonchev–Trinajstić information content (AvgIpc) is 2.73. The van der Waals surface area contributed by atoms with Gasteiger partial charge in [0.05, 0.1) is 12.2 Å². The maximum atomic E-state index is 12.4. The van der Waals surface area contributed by atoms with Gasteiger partial charge in [-0.25, -0.2) is 4.79 Å². The number of rotatable bonds is 19. The molecular weight excluding hydrogens is 450 g/mol. The van der Waals surface area contributed by atoms with Gasteiger partial charge in [-0.1, -0.05) is 90.0 Å². The number of carbonyl (C=O) groups is 1. The minimum atomic E-state index is -0.895. The van der Waals surface area contributed by atoms with Crippen LogP contribution in [-0.4, -0.2) is 45.5 Å². The summed E-state index contributed by atoms with van der Waals surface area (Å²) in [5.74, 6) is -0.243. The molecule has 212 valence electrons. The molecule has 1 aliphatic heterocycles. The minimum Gasteiger partial charge on any atom is -0.459 e. The molecule has 0 spiro atoms. The molecule has 0 radical (unpaired) electrons. The quantitative estimate of drug-likeness (QED) is 0.108. The number of hydroxylamine groups is 2. The summed E-state index contributed by atoms with van der Waals surface area (Å²) in [6.45, 7) is 14.4. The van der Waals surface area contributed by atoms with Crippen molar-refractivity contribution < 1.29 is 19.5 Å². The van der Waals surface area contributed by atoms with E-state index in [1.54, 1.807) is 19.9 Å². The standard InChI is InChI=1S/C31H59NO4/c1-8-9-10-11-12-13-14-15-16-17-18-19-20-21-22-23-28(33)36-27-24-29(2,3)32(30(4,5)25-27)35-26-31(6,7)34/h22-23,27,34H,8-21,24-26H2,1-7H3. The number of hydrogen-bond donors (Lipinski definition) is 1. The summed E-state index contributed by atoms with van der Waals surface area (Å²) in [6, 6.07) is 0. The van der Waals surface area contributed by atoms with Gasteiger partial charge in [-0.2, -0.15) is 5.06 Å². The molecule has 0 atom stereocenters. The third kappa shape index (κ3) is 14.7. The third-order valence-electron chi connectivity index (χ3n) is 7.11. The zero-order valence-corrected chi connectivity index (χ0v) is 24.9. The van der Waals surface area contributed by atoms with Crippen molar-refractivity contribution in [1.29, 1.82) is 0 Å². The first-order valence-corrected chi connectivity index (χ1v) is 14.9. The van der Waals surface area contributed by atoms with Crippen LogP contribution in [0.15, 0.2) is 12.2 Å². The topological polar surface area (TPSA) is 59.0 Å². The van der Waals surface area contributed by atoms with Crippen LogP contribution in [0, 0.1) is 0 Å². The lowest BCUT2D eigenvalue weighted by Crippen LogP contribution is -2.62. The van der Waals surface area contributed by atoms with Crippen molar-refractivity contribution in [2.45, 2.75) is 174 Å². The normalized spacial score (nSPS) is 18.7. The molecule has 0 amide bonds. The summed E-state index contributed by atoms with van der Waals surface area (Å²) in [4.78, 5) is 18.4. The number of esters is 1. The highest BCUT2D eigenvalue weighted by Crippen LogP contribution is 2.40. The van der Waals surface area contributed by atoms with Crippen LogP contribution in [0.5, 0.6) is 0 Å². The van der Waals surface area contributed by atoms with Gasteiger partial charge in [0, 0.05) is 30.0 Å². The molecule has 1 N–H and O–H groups in total. The molecule has 0 aromatic heterocycles. The van der Waals surface area contributed by atoms with Crippen molar-refractivity contribution in [2.75, 3.05) is 6.61 Å². The summed E-state index contributed by atoms with van der Waals surface area (Å²) in [6.07, 6.45) is 23.3. The molecular formula is C31H59NO4. The molecule has 5 heteroatoms. The second-order valence-corrected chi connectivity index (χ2v) is 12.9. The van der Waals surface area contributed by atoms with Gasteiger partial charge >= 0.3 is 5.97 Å². The van der Waals surface area contributed by atoms with Gasteiger partial charge in [0.25, 0.3) is 0 Å². The van der Waals surface area contributed by atoms with E-state index in [4.69, 9.17) is 9.57 Å². The lowest BCUT2D eigenvalue weighted by atomic mass is 9.80. The predicted molar refractivity (Wildman–Crippen MR) is 151 cm³/mol.